The first-order valence-electron chi connectivity index (χ1n) is 12.7. The van der Waals surface area contributed by atoms with E-state index in [0.29, 0.717) is 37.9 Å². The molecule has 5 rings (SSSR count). The summed E-state index contributed by atoms with van der Waals surface area (Å²) >= 11 is 10.2. The number of aromatic nitrogens is 2. The maximum Gasteiger partial charge on any atom is 0.296 e. The van der Waals surface area contributed by atoms with Crippen molar-refractivity contribution in [2.75, 3.05) is 11.5 Å². The first-order valence-corrected chi connectivity index (χ1v) is 15.8. The highest BCUT2D eigenvalue weighted by Crippen LogP contribution is 2.44. The molecule has 2 aromatic carbocycles. The third-order valence-corrected chi connectivity index (χ3v) is 9.64. The molecule has 0 radical (unpaired) electrons. The number of unbranched alkanes of at least 4 members (excludes halogenated alkanes) is 2. The molecule has 7 nitrogen and oxygen atoms in total. The summed E-state index contributed by atoms with van der Waals surface area (Å²) < 4.78 is 6.59. The lowest BCUT2D eigenvalue weighted by Gasteiger charge is -2.24. The molecular weight excluding hydrogens is 586 g/mol. The van der Waals surface area contributed by atoms with Gasteiger partial charge in [-0.1, -0.05) is 90.9 Å². The van der Waals surface area contributed by atoms with Crippen LogP contribution in [-0.4, -0.2) is 33.6 Å². The van der Waals surface area contributed by atoms with E-state index in [1.165, 1.54) is 39.3 Å². The van der Waals surface area contributed by atoms with Crippen molar-refractivity contribution in [1.29, 1.82) is 0 Å². The summed E-state index contributed by atoms with van der Waals surface area (Å²) in [6.07, 6.45) is 3.08. The number of thioether (sulfide) groups is 1. The van der Waals surface area contributed by atoms with Crippen molar-refractivity contribution in [2.45, 2.75) is 42.3 Å². The van der Waals surface area contributed by atoms with E-state index in [2.05, 4.69) is 17.1 Å². The van der Waals surface area contributed by atoms with Crippen LogP contribution >= 0.6 is 46.0 Å². The molecule has 0 saturated carbocycles. The minimum Gasteiger partial charge on any atom is -0.503 e. The molecule has 3 heterocycles. The molecule has 1 unspecified atom stereocenters. The minimum absolute atomic E-state index is 0.0102. The Bertz CT molecular complexity index is 1540. The van der Waals surface area contributed by atoms with E-state index in [-0.39, 0.29) is 10.7 Å². The Morgan fingerprint density at radius 2 is 1.98 bits per heavy atom. The Hall–Kier alpha value is -3.18. The van der Waals surface area contributed by atoms with E-state index in [1.54, 1.807) is 17.5 Å². The fourth-order valence-corrected chi connectivity index (χ4v) is 7.15. The SMILES string of the molecule is CCCCCOc1cccc(C2C(C(=O)c3cccs3)=C(O)C(=O)N2c2nnc(SCc3ccccc3Cl)s2)c1. The van der Waals surface area contributed by atoms with E-state index in [1.807, 2.05) is 48.5 Å². The number of hydrogen-bond acceptors (Lipinski definition) is 9. The summed E-state index contributed by atoms with van der Waals surface area (Å²) in [4.78, 5) is 28.9. The standard InChI is InChI=1S/C29H26ClN3O4S3/c1-2-3-6-14-37-20-11-7-10-18(16-20)24-23(25(34)22-13-8-15-38-22)26(35)27(36)33(24)28-31-32-29(40-28)39-17-19-9-4-5-12-21(19)30/h4-5,7-13,15-16,24,35H,2-3,6,14,17H2,1H3. The lowest BCUT2D eigenvalue weighted by molar-refractivity contribution is -0.117. The number of ether oxygens (including phenoxy) is 1. The van der Waals surface area contributed by atoms with E-state index >= 15 is 0 Å². The van der Waals surface area contributed by atoms with Crippen molar-refractivity contribution < 1.29 is 19.4 Å². The van der Waals surface area contributed by atoms with Crippen LogP contribution in [0.1, 0.15) is 53.0 Å². The zero-order valence-corrected chi connectivity index (χ0v) is 24.8. The number of ketones is 1. The van der Waals surface area contributed by atoms with Crippen LogP contribution in [0.2, 0.25) is 5.02 Å². The lowest BCUT2D eigenvalue weighted by Crippen LogP contribution is -2.31. The van der Waals surface area contributed by atoms with Crippen molar-refractivity contribution in [3.63, 3.8) is 0 Å². The van der Waals surface area contributed by atoms with E-state index in [4.69, 9.17) is 16.3 Å². The second kappa shape index (κ2) is 13.0. The predicted octanol–water partition coefficient (Wildman–Crippen LogP) is 7.90. The van der Waals surface area contributed by atoms with Gasteiger partial charge in [0.15, 0.2) is 10.1 Å². The summed E-state index contributed by atoms with van der Waals surface area (Å²) in [6, 6.07) is 17.4. The average Bonchev–Trinajstić information content (AvgIpc) is 3.72. The third kappa shape index (κ3) is 6.10. The summed E-state index contributed by atoms with van der Waals surface area (Å²) in [6.45, 7) is 2.69. The van der Waals surface area contributed by atoms with Gasteiger partial charge in [0.25, 0.3) is 5.91 Å². The predicted molar refractivity (Wildman–Crippen MR) is 161 cm³/mol. The Labute approximate surface area is 249 Å². The number of rotatable bonds is 12. The van der Waals surface area contributed by atoms with Gasteiger partial charge >= 0.3 is 0 Å². The number of anilines is 1. The normalized spacial score (nSPS) is 15.2. The molecule has 4 aromatic rings. The Kier molecular flexibility index (Phi) is 9.21. The Morgan fingerprint density at radius 1 is 1.12 bits per heavy atom. The monoisotopic (exact) mass is 611 g/mol. The van der Waals surface area contributed by atoms with Crippen LogP contribution in [-0.2, 0) is 10.5 Å². The van der Waals surface area contributed by atoms with Gasteiger partial charge in [0.05, 0.1) is 23.1 Å². The molecule has 40 heavy (non-hydrogen) atoms. The van der Waals surface area contributed by atoms with Gasteiger partial charge in [-0.2, -0.15) is 0 Å². The number of nitrogens with zero attached hydrogens (tertiary/aromatic N) is 3. The van der Waals surface area contributed by atoms with Gasteiger partial charge in [-0.15, -0.1) is 21.5 Å². The minimum atomic E-state index is -0.893. The second-order valence-corrected chi connectivity index (χ2v) is 12.5. The van der Waals surface area contributed by atoms with E-state index in [9.17, 15) is 14.7 Å². The van der Waals surface area contributed by atoms with Crippen molar-refractivity contribution in [3.05, 3.63) is 98.4 Å². The van der Waals surface area contributed by atoms with Gasteiger partial charge in [-0.05, 0) is 47.2 Å². The molecule has 11 heteroatoms. The maximum absolute atomic E-state index is 13.6. The molecule has 1 atom stereocenters. The first kappa shape index (κ1) is 28.4. The number of amides is 1. The number of carbonyl (C=O) groups is 2. The van der Waals surface area contributed by atoms with Gasteiger partial charge < -0.3 is 9.84 Å². The molecule has 0 spiro atoms. The molecule has 206 valence electrons. The van der Waals surface area contributed by atoms with Crippen molar-refractivity contribution in [3.8, 4) is 5.75 Å². The summed E-state index contributed by atoms with van der Waals surface area (Å²) in [5.41, 5.74) is 1.60. The summed E-state index contributed by atoms with van der Waals surface area (Å²) in [7, 11) is 0. The highest BCUT2D eigenvalue weighted by atomic mass is 35.5. The van der Waals surface area contributed by atoms with Gasteiger partial charge in [-0.25, -0.2) is 0 Å². The second-order valence-electron chi connectivity index (χ2n) is 9.01. The largest absolute Gasteiger partial charge is 0.503 e. The maximum atomic E-state index is 13.6. The highest BCUT2D eigenvalue weighted by Gasteiger charge is 2.46. The van der Waals surface area contributed by atoms with Gasteiger partial charge in [0.2, 0.25) is 10.9 Å². The van der Waals surface area contributed by atoms with Gasteiger partial charge in [0.1, 0.15) is 5.75 Å². The molecule has 0 bridgehead atoms. The molecule has 1 aliphatic rings. The van der Waals surface area contributed by atoms with Crippen LogP contribution in [0, 0.1) is 0 Å². The molecular formula is C29H26ClN3O4S3. The topological polar surface area (TPSA) is 92.6 Å². The number of carbonyl (C=O) groups excluding carboxylic acids is 2. The number of aliphatic hydroxyl groups is 1. The van der Waals surface area contributed by atoms with E-state index < -0.39 is 23.5 Å². The number of aliphatic hydroxyl groups excluding tert-OH is 1. The number of hydrogen-bond donors (Lipinski definition) is 1. The number of thiophene rings is 1. The van der Waals surface area contributed by atoms with Crippen molar-refractivity contribution >= 4 is 62.9 Å². The molecule has 0 fully saturated rings. The molecule has 1 N–H and O–H groups in total. The highest BCUT2D eigenvalue weighted by molar-refractivity contribution is 8.00. The van der Waals surface area contributed by atoms with Crippen LogP contribution in [0.15, 0.2) is 81.7 Å². The van der Waals surface area contributed by atoms with Crippen molar-refractivity contribution in [1.82, 2.24) is 10.2 Å². The Balaban J connectivity index is 1.47. The molecule has 0 saturated heterocycles. The quantitative estimate of drug-likeness (QED) is 0.0753. The number of halogens is 1. The summed E-state index contributed by atoms with van der Waals surface area (Å²) in [5, 5.41) is 22.3. The lowest BCUT2D eigenvalue weighted by atomic mass is 9.95. The Morgan fingerprint density at radius 3 is 2.75 bits per heavy atom. The number of benzene rings is 2. The fraction of sp³-hybridized carbons (Fsp3) is 0.241. The molecule has 1 aliphatic heterocycles. The first-order chi connectivity index (χ1) is 19.5. The van der Waals surface area contributed by atoms with Crippen LogP contribution in [0.25, 0.3) is 0 Å². The van der Waals surface area contributed by atoms with Crippen molar-refractivity contribution in [2.24, 2.45) is 0 Å². The zero-order valence-electron chi connectivity index (χ0n) is 21.6. The van der Waals surface area contributed by atoms with Crippen LogP contribution in [0.3, 0.4) is 0 Å². The molecule has 2 aromatic heterocycles. The molecule has 0 aliphatic carbocycles. The third-order valence-electron chi connectivity index (χ3n) is 6.30. The van der Waals surface area contributed by atoms with Crippen LogP contribution in [0.5, 0.6) is 5.75 Å². The zero-order chi connectivity index (χ0) is 28.1. The number of Topliss-reactive ketones (excluding diaryl/α,β-unsaturated/α-hetero) is 1. The van der Waals surface area contributed by atoms with Crippen LogP contribution in [0.4, 0.5) is 5.13 Å². The smallest absolute Gasteiger partial charge is 0.296 e. The summed E-state index contributed by atoms with van der Waals surface area (Å²) in [5.74, 6) is -0.477. The fourth-order valence-electron chi connectivity index (χ4n) is 4.32. The molecule has 1 amide bonds. The van der Waals surface area contributed by atoms with Gasteiger partial charge in [0, 0.05) is 10.8 Å². The van der Waals surface area contributed by atoms with Crippen LogP contribution < -0.4 is 9.64 Å². The van der Waals surface area contributed by atoms with Gasteiger partial charge in [-0.3, -0.25) is 14.5 Å². The van der Waals surface area contributed by atoms with E-state index in [0.717, 1.165) is 24.8 Å². The average molecular weight is 612 g/mol.